The van der Waals surface area contributed by atoms with Gasteiger partial charge in [0.2, 0.25) is 5.79 Å². The van der Waals surface area contributed by atoms with E-state index in [1.165, 1.54) is 11.3 Å². The molecule has 0 radical (unpaired) electrons. The van der Waals surface area contributed by atoms with Crippen molar-refractivity contribution in [2.75, 3.05) is 24.5 Å². The molecular formula is C27H31N7O4S. The number of aliphatic carboxylic acids is 1. The number of rotatable bonds is 6. The van der Waals surface area contributed by atoms with E-state index in [-0.39, 0.29) is 5.56 Å². The maximum Gasteiger partial charge on any atom is 0.318 e. The zero-order valence-corrected chi connectivity index (χ0v) is 22.8. The lowest BCUT2D eigenvalue weighted by Gasteiger charge is -2.52. The van der Waals surface area contributed by atoms with E-state index in [0.717, 1.165) is 15.8 Å². The highest BCUT2D eigenvalue weighted by Gasteiger charge is 2.57. The van der Waals surface area contributed by atoms with Crippen LogP contribution in [0.4, 0.5) is 10.5 Å². The van der Waals surface area contributed by atoms with Gasteiger partial charge in [-0.15, -0.1) is 11.3 Å². The van der Waals surface area contributed by atoms with Crippen LogP contribution in [0, 0.1) is 18.3 Å². The van der Waals surface area contributed by atoms with Gasteiger partial charge in [0, 0.05) is 48.5 Å². The highest BCUT2D eigenvalue weighted by atomic mass is 32.1. The zero-order valence-electron chi connectivity index (χ0n) is 21.9. The van der Waals surface area contributed by atoms with E-state index in [4.69, 9.17) is 4.99 Å². The molecule has 0 bridgehead atoms. The maximum absolute atomic E-state index is 13.1. The number of carbonyl (C=O) groups excluding carboxylic acids is 1. The van der Waals surface area contributed by atoms with Crippen molar-refractivity contribution in [2.24, 2.45) is 16.3 Å². The van der Waals surface area contributed by atoms with E-state index >= 15 is 0 Å². The number of nitrogens with one attached hydrogen (secondary N) is 4. The molecule has 11 nitrogen and oxygen atoms in total. The van der Waals surface area contributed by atoms with Gasteiger partial charge in [0.25, 0.3) is 5.56 Å². The van der Waals surface area contributed by atoms with Crippen molar-refractivity contribution < 1.29 is 14.7 Å². The van der Waals surface area contributed by atoms with Crippen molar-refractivity contribution in [3.05, 3.63) is 58.1 Å². The van der Waals surface area contributed by atoms with Crippen molar-refractivity contribution in [3.8, 4) is 11.1 Å². The number of thiazole rings is 1. The number of piperidine rings is 1. The standard InChI is InChI=1S/C27H31N7O4S/c1-4-29-25(38)33-27(21-14-28-10-7-26(21,3)24(36)37)32-8-5-11-34(27)17-12-19(22-20(13-17)31-15-39-22)18-6-9-30-23(35)16(18)2/h5-6,8-9,11-13,15,21,28H,4,7,10,14H2,1-3H3,(H,30,35)(H,36,37)(H2,29,33,38). The Balaban J connectivity index is 1.74. The minimum absolute atomic E-state index is 0.184. The smallest absolute Gasteiger partial charge is 0.318 e. The summed E-state index contributed by atoms with van der Waals surface area (Å²) in [5.74, 6) is -3.08. The summed E-state index contributed by atoms with van der Waals surface area (Å²) in [6, 6.07) is 5.22. The van der Waals surface area contributed by atoms with Crippen molar-refractivity contribution >= 4 is 45.5 Å². The van der Waals surface area contributed by atoms with Crippen LogP contribution in [0.5, 0.6) is 0 Å². The number of carboxylic acids is 1. The third kappa shape index (κ3) is 4.49. The Hall–Kier alpha value is -4.03. The van der Waals surface area contributed by atoms with Crippen LogP contribution in [-0.2, 0) is 4.79 Å². The molecule has 1 fully saturated rings. The summed E-state index contributed by atoms with van der Waals surface area (Å²) in [5.41, 5.74) is 3.87. The third-order valence-corrected chi connectivity index (χ3v) is 8.58. The van der Waals surface area contributed by atoms with Crippen molar-refractivity contribution in [1.82, 2.24) is 25.9 Å². The Morgan fingerprint density at radius 3 is 2.90 bits per heavy atom. The van der Waals surface area contributed by atoms with E-state index in [9.17, 15) is 19.5 Å². The number of H-pyrrole nitrogens is 1. The number of carbonyl (C=O) groups is 2. The molecule has 2 amide bonds. The predicted molar refractivity (Wildman–Crippen MR) is 152 cm³/mol. The van der Waals surface area contributed by atoms with E-state index in [0.29, 0.717) is 42.8 Å². The van der Waals surface area contributed by atoms with Crippen LogP contribution >= 0.6 is 11.3 Å². The monoisotopic (exact) mass is 549 g/mol. The number of pyridine rings is 1. The zero-order chi connectivity index (χ0) is 27.8. The molecule has 204 valence electrons. The SMILES string of the molecule is CCNC(=O)NC1(C2CNCCC2(C)C(=O)O)N=CC=CN1c1cc(-c2cc[nH]c(=O)c2C)c2scnc2c1. The molecule has 2 aliphatic heterocycles. The highest BCUT2D eigenvalue weighted by molar-refractivity contribution is 7.17. The number of aromatic amines is 1. The summed E-state index contributed by atoms with van der Waals surface area (Å²) < 4.78 is 0.911. The molecule has 3 aromatic rings. The molecule has 0 aliphatic carbocycles. The van der Waals surface area contributed by atoms with Gasteiger partial charge in [-0.3, -0.25) is 14.9 Å². The highest BCUT2D eigenvalue weighted by Crippen LogP contribution is 2.46. The van der Waals surface area contributed by atoms with Gasteiger partial charge in [-0.25, -0.2) is 14.8 Å². The molecule has 1 aromatic carbocycles. The number of benzene rings is 1. The third-order valence-electron chi connectivity index (χ3n) is 7.70. The van der Waals surface area contributed by atoms with Gasteiger partial charge in [0.1, 0.15) is 0 Å². The number of nitrogens with zero attached hydrogens (tertiary/aromatic N) is 3. The van der Waals surface area contributed by atoms with Crippen LogP contribution in [0.1, 0.15) is 25.8 Å². The lowest BCUT2D eigenvalue weighted by molar-refractivity contribution is -0.155. The summed E-state index contributed by atoms with van der Waals surface area (Å²) >= 11 is 1.47. The van der Waals surface area contributed by atoms with Crippen LogP contribution in [0.3, 0.4) is 0 Å². The lowest BCUT2D eigenvalue weighted by atomic mass is 9.68. The van der Waals surface area contributed by atoms with E-state index in [1.54, 1.807) is 44.0 Å². The average Bonchev–Trinajstić information content (AvgIpc) is 3.39. The summed E-state index contributed by atoms with van der Waals surface area (Å²) in [4.78, 5) is 52.2. The Bertz CT molecular complexity index is 1550. The second-order valence-electron chi connectivity index (χ2n) is 9.97. The molecule has 2 aliphatic rings. The molecule has 0 spiro atoms. The molecule has 1 saturated heterocycles. The van der Waals surface area contributed by atoms with Crippen LogP contribution < -0.4 is 26.4 Å². The number of anilines is 1. The van der Waals surface area contributed by atoms with Gasteiger partial charge in [-0.05, 0) is 63.6 Å². The van der Waals surface area contributed by atoms with Crippen LogP contribution in [0.15, 0.2) is 52.0 Å². The molecule has 0 saturated carbocycles. The number of hydrogen-bond acceptors (Lipinski definition) is 8. The Morgan fingerprint density at radius 2 is 2.13 bits per heavy atom. The maximum atomic E-state index is 13.1. The quantitative estimate of drug-likeness (QED) is 0.317. The van der Waals surface area contributed by atoms with Gasteiger partial charge in [-0.1, -0.05) is 0 Å². The molecule has 39 heavy (non-hydrogen) atoms. The summed E-state index contributed by atoms with van der Waals surface area (Å²) in [6.07, 6.45) is 7.10. The van der Waals surface area contributed by atoms with Crippen molar-refractivity contribution in [2.45, 2.75) is 33.0 Å². The first-order valence-corrected chi connectivity index (χ1v) is 13.7. The number of fused-ring (bicyclic) bond motifs is 1. The Labute approximate surface area is 229 Å². The number of allylic oxidation sites excluding steroid dienone is 1. The number of aliphatic imine (C=N–C) groups is 1. The molecule has 2 aromatic heterocycles. The normalized spacial score (nSPS) is 24.6. The summed E-state index contributed by atoms with van der Waals surface area (Å²) in [5, 5.41) is 19.5. The van der Waals surface area contributed by atoms with Crippen molar-refractivity contribution in [3.63, 3.8) is 0 Å². The first-order valence-electron chi connectivity index (χ1n) is 12.8. The van der Waals surface area contributed by atoms with Crippen LogP contribution in [-0.4, -0.2) is 58.7 Å². The minimum Gasteiger partial charge on any atom is -0.481 e. The number of amides is 2. The van der Waals surface area contributed by atoms with E-state index < -0.39 is 29.1 Å². The molecule has 5 rings (SSSR count). The Morgan fingerprint density at radius 1 is 1.31 bits per heavy atom. The van der Waals surface area contributed by atoms with E-state index in [1.807, 2.05) is 30.0 Å². The van der Waals surface area contributed by atoms with Gasteiger partial charge >= 0.3 is 12.0 Å². The number of aromatic nitrogens is 2. The number of carboxylic acid groups (broad SMARTS) is 1. The first-order chi connectivity index (χ1) is 18.7. The molecule has 5 N–H and O–H groups in total. The summed E-state index contributed by atoms with van der Waals surface area (Å²) in [7, 11) is 0. The molecule has 12 heteroatoms. The molecule has 3 unspecified atom stereocenters. The topological polar surface area (TPSA) is 152 Å². The molecular weight excluding hydrogens is 518 g/mol. The summed E-state index contributed by atoms with van der Waals surface area (Å²) in [6.45, 7) is 6.53. The molecule has 3 atom stereocenters. The van der Waals surface area contributed by atoms with Crippen molar-refractivity contribution in [1.29, 1.82) is 0 Å². The predicted octanol–water partition coefficient (Wildman–Crippen LogP) is 3.04. The van der Waals surface area contributed by atoms with E-state index in [2.05, 4.69) is 25.9 Å². The number of urea groups is 1. The fourth-order valence-electron chi connectivity index (χ4n) is 5.53. The second-order valence-corrected chi connectivity index (χ2v) is 10.8. The fraction of sp³-hybridized carbons (Fsp3) is 0.370. The van der Waals surface area contributed by atoms with Crippen LogP contribution in [0.2, 0.25) is 0 Å². The van der Waals surface area contributed by atoms with Gasteiger partial charge in [-0.2, -0.15) is 0 Å². The minimum atomic E-state index is -1.47. The first kappa shape index (κ1) is 26.6. The van der Waals surface area contributed by atoms with Crippen LogP contribution in [0.25, 0.3) is 21.3 Å². The van der Waals surface area contributed by atoms with Gasteiger partial charge in [0.15, 0.2) is 0 Å². The number of hydrogen-bond donors (Lipinski definition) is 5. The lowest BCUT2D eigenvalue weighted by Crippen LogP contribution is -2.71. The average molecular weight is 550 g/mol. The van der Waals surface area contributed by atoms with Gasteiger partial charge in [0.05, 0.1) is 27.1 Å². The Kier molecular flexibility index (Phi) is 7.00. The largest absolute Gasteiger partial charge is 0.481 e. The molecule has 4 heterocycles. The fourth-order valence-corrected chi connectivity index (χ4v) is 6.33. The second kappa shape index (κ2) is 10.3. The van der Waals surface area contributed by atoms with Gasteiger partial charge < -0.3 is 25.6 Å².